The Morgan fingerprint density at radius 3 is 2.38 bits per heavy atom. The number of carbonyl (C=O) groups excluding carboxylic acids is 1. The van der Waals surface area contributed by atoms with Crippen LogP contribution in [0.25, 0.3) is 0 Å². The zero-order chi connectivity index (χ0) is 12.4. The Kier molecular flexibility index (Phi) is 4.27. The van der Waals surface area contributed by atoms with Gasteiger partial charge < -0.3 is 10.1 Å². The Hall–Kier alpha value is -0.250. The summed E-state index contributed by atoms with van der Waals surface area (Å²) in [4.78, 5) is 12.1. The molecule has 0 aromatic heterocycles. The fraction of sp³-hybridized carbons (Fsp3) is 0.917. The molecule has 94 valence electrons. The second kappa shape index (κ2) is 4.94. The highest BCUT2D eigenvalue weighted by molar-refractivity contribution is 9.09. The molecule has 0 aliphatic heterocycles. The first-order valence-electron chi connectivity index (χ1n) is 5.88. The van der Waals surface area contributed by atoms with E-state index in [1.807, 2.05) is 20.8 Å². The average molecular weight is 292 g/mol. The van der Waals surface area contributed by atoms with Crippen molar-refractivity contribution in [2.24, 2.45) is 0 Å². The lowest BCUT2D eigenvalue weighted by Crippen LogP contribution is -2.55. The molecular weight excluding hydrogens is 270 g/mol. The first-order chi connectivity index (χ1) is 7.22. The standard InChI is InChI=1S/C12H22BrNO2/c1-9(13)8-12(6-5-7-12)14-10(15)16-11(2,3)4/h9H,5-8H2,1-4H3,(H,14,15). The molecule has 1 N–H and O–H groups in total. The van der Waals surface area contributed by atoms with E-state index >= 15 is 0 Å². The van der Waals surface area contributed by atoms with Crippen molar-refractivity contribution in [3.63, 3.8) is 0 Å². The number of carbonyl (C=O) groups is 1. The highest BCUT2D eigenvalue weighted by Crippen LogP contribution is 2.37. The summed E-state index contributed by atoms with van der Waals surface area (Å²) in [6.07, 6.45) is 3.98. The third-order valence-electron chi connectivity index (χ3n) is 2.75. The van der Waals surface area contributed by atoms with Crippen LogP contribution in [0.15, 0.2) is 0 Å². The summed E-state index contributed by atoms with van der Waals surface area (Å²) < 4.78 is 5.29. The SMILES string of the molecule is CC(Br)CC1(NC(=O)OC(C)(C)C)CCC1. The lowest BCUT2D eigenvalue weighted by molar-refractivity contribution is 0.0373. The van der Waals surface area contributed by atoms with Crippen molar-refractivity contribution in [2.45, 2.75) is 69.3 Å². The molecule has 1 saturated carbocycles. The summed E-state index contributed by atoms with van der Waals surface area (Å²) in [6.45, 7) is 7.75. The molecule has 1 aliphatic rings. The Labute approximate surface area is 106 Å². The van der Waals surface area contributed by atoms with Gasteiger partial charge in [-0.15, -0.1) is 0 Å². The molecule has 3 nitrogen and oxygen atoms in total. The predicted octanol–water partition coefficient (Wildman–Crippen LogP) is 3.61. The Morgan fingerprint density at radius 2 is 2.06 bits per heavy atom. The molecule has 16 heavy (non-hydrogen) atoms. The zero-order valence-electron chi connectivity index (χ0n) is 10.6. The van der Waals surface area contributed by atoms with Crippen LogP contribution in [0, 0.1) is 0 Å². The van der Waals surface area contributed by atoms with Gasteiger partial charge >= 0.3 is 6.09 Å². The summed E-state index contributed by atoms with van der Waals surface area (Å²) in [5.41, 5.74) is -0.458. The Morgan fingerprint density at radius 1 is 1.50 bits per heavy atom. The number of hydrogen-bond donors (Lipinski definition) is 1. The highest BCUT2D eigenvalue weighted by atomic mass is 79.9. The minimum Gasteiger partial charge on any atom is -0.444 e. The molecule has 1 fully saturated rings. The monoisotopic (exact) mass is 291 g/mol. The van der Waals surface area contributed by atoms with Crippen molar-refractivity contribution in [1.29, 1.82) is 0 Å². The van der Waals surface area contributed by atoms with Crippen molar-refractivity contribution >= 4 is 22.0 Å². The van der Waals surface area contributed by atoms with Crippen LogP contribution in [0.2, 0.25) is 0 Å². The molecule has 0 aromatic rings. The van der Waals surface area contributed by atoms with Crippen LogP contribution in [0.5, 0.6) is 0 Å². The van der Waals surface area contributed by atoms with Crippen LogP contribution in [0.1, 0.15) is 53.4 Å². The van der Waals surface area contributed by atoms with Crippen LogP contribution in [0.4, 0.5) is 4.79 Å². The molecule has 0 heterocycles. The number of rotatable bonds is 3. The molecule has 1 aliphatic carbocycles. The fourth-order valence-electron chi connectivity index (χ4n) is 2.04. The molecule has 0 spiro atoms. The molecule has 1 rings (SSSR count). The van der Waals surface area contributed by atoms with Gasteiger partial charge in [0.25, 0.3) is 0 Å². The van der Waals surface area contributed by atoms with Crippen LogP contribution >= 0.6 is 15.9 Å². The normalized spacial score (nSPS) is 20.8. The van der Waals surface area contributed by atoms with Crippen LogP contribution in [-0.2, 0) is 4.74 Å². The van der Waals surface area contributed by atoms with Crippen molar-refractivity contribution < 1.29 is 9.53 Å². The van der Waals surface area contributed by atoms with E-state index in [-0.39, 0.29) is 11.6 Å². The summed E-state index contributed by atoms with van der Waals surface area (Å²) in [6, 6.07) is 0. The summed E-state index contributed by atoms with van der Waals surface area (Å²) in [5, 5.41) is 3.03. The average Bonchev–Trinajstić information content (AvgIpc) is 1.95. The number of nitrogens with one attached hydrogen (secondary N) is 1. The minimum atomic E-state index is -0.422. The molecule has 1 atom stereocenters. The van der Waals surface area contributed by atoms with E-state index in [0.29, 0.717) is 4.83 Å². The quantitative estimate of drug-likeness (QED) is 0.807. The van der Waals surface area contributed by atoms with Gasteiger partial charge in [-0.1, -0.05) is 22.9 Å². The van der Waals surface area contributed by atoms with Gasteiger partial charge in [0.15, 0.2) is 0 Å². The Balaban J connectivity index is 2.47. The first-order valence-corrected chi connectivity index (χ1v) is 6.79. The van der Waals surface area contributed by atoms with Crippen LogP contribution in [0.3, 0.4) is 0 Å². The Bertz CT molecular complexity index is 254. The lowest BCUT2D eigenvalue weighted by Gasteiger charge is -2.43. The molecule has 0 bridgehead atoms. The minimum absolute atomic E-state index is 0.0365. The molecule has 0 saturated heterocycles. The van der Waals surface area contributed by atoms with Crippen molar-refractivity contribution in [1.82, 2.24) is 5.32 Å². The van der Waals surface area contributed by atoms with Crippen LogP contribution < -0.4 is 5.32 Å². The third-order valence-corrected chi connectivity index (χ3v) is 3.07. The number of halogens is 1. The molecule has 0 radical (unpaired) electrons. The van der Waals surface area contributed by atoms with Gasteiger partial charge in [0.1, 0.15) is 5.60 Å². The van der Waals surface area contributed by atoms with Gasteiger partial charge in [0, 0.05) is 10.4 Å². The largest absolute Gasteiger partial charge is 0.444 e. The van der Waals surface area contributed by atoms with E-state index in [1.54, 1.807) is 0 Å². The fourth-order valence-corrected chi connectivity index (χ4v) is 2.66. The van der Waals surface area contributed by atoms with Gasteiger partial charge in [-0.05, 0) is 46.5 Å². The van der Waals surface area contributed by atoms with E-state index in [1.165, 1.54) is 6.42 Å². The molecule has 1 unspecified atom stereocenters. The van der Waals surface area contributed by atoms with E-state index in [2.05, 4.69) is 28.2 Å². The predicted molar refractivity (Wildman–Crippen MR) is 69.0 cm³/mol. The topological polar surface area (TPSA) is 38.3 Å². The second-order valence-electron chi connectivity index (χ2n) is 5.75. The van der Waals surface area contributed by atoms with Crippen LogP contribution in [-0.4, -0.2) is 22.1 Å². The maximum atomic E-state index is 11.7. The lowest BCUT2D eigenvalue weighted by atomic mass is 9.74. The second-order valence-corrected chi connectivity index (χ2v) is 7.31. The van der Waals surface area contributed by atoms with Gasteiger partial charge in [-0.3, -0.25) is 0 Å². The number of alkyl carbamates (subject to hydrolysis) is 1. The molecule has 4 heteroatoms. The maximum Gasteiger partial charge on any atom is 0.408 e. The van der Waals surface area contributed by atoms with E-state index in [0.717, 1.165) is 19.3 Å². The third kappa shape index (κ3) is 4.32. The van der Waals surface area contributed by atoms with E-state index in [4.69, 9.17) is 4.74 Å². The molecular formula is C12H22BrNO2. The highest BCUT2D eigenvalue weighted by Gasteiger charge is 2.40. The number of alkyl halides is 1. The van der Waals surface area contributed by atoms with Crippen molar-refractivity contribution in [3.8, 4) is 0 Å². The van der Waals surface area contributed by atoms with Gasteiger partial charge in [-0.2, -0.15) is 0 Å². The van der Waals surface area contributed by atoms with Crippen molar-refractivity contribution in [3.05, 3.63) is 0 Å². The van der Waals surface area contributed by atoms with E-state index in [9.17, 15) is 4.79 Å². The smallest absolute Gasteiger partial charge is 0.408 e. The zero-order valence-corrected chi connectivity index (χ0v) is 12.2. The summed E-state index contributed by atoms with van der Waals surface area (Å²) in [5.74, 6) is 0. The number of hydrogen-bond acceptors (Lipinski definition) is 2. The molecule has 0 aromatic carbocycles. The summed E-state index contributed by atoms with van der Waals surface area (Å²) >= 11 is 3.54. The van der Waals surface area contributed by atoms with Gasteiger partial charge in [0.2, 0.25) is 0 Å². The summed E-state index contributed by atoms with van der Waals surface area (Å²) in [7, 11) is 0. The first kappa shape index (κ1) is 13.8. The van der Waals surface area contributed by atoms with Gasteiger partial charge in [-0.25, -0.2) is 4.79 Å². The molecule has 1 amide bonds. The van der Waals surface area contributed by atoms with E-state index < -0.39 is 5.60 Å². The number of ether oxygens (including phenoxy) is 1. The van der Waals surface area contributed by atoms with Gasteiger partial charge in [0.05, 0.1) is 0 Å². The van der Waals surface area contributed by atoms with Crippen molar-refractivity contribution in [2.75, 3.05) is 0 Å². The number of amides is 1. The maximum absolute atomic E-state index is 11.7.